The van der Waals surface area contributed by atoms with E-state index in [9.17, 15) is 4.79 Å². The molecule has 122 valence electrons. The van der Waals surface area contributed by atoms with Crippen molar-refractivity contribution in [3.63, 3.8) is 0 Å². The van der Waals surface area contributed by atoms with Crippen molar-refractivity contribution in [3.05, 3.63) is 46.2 Å². The molecule has 0 N–H and O–H groups in total. The Labute approximate surface area is 140 Å². The van der Waals surface area contributed by atoms with Crippen LogP contribution in [0, 0.1) is 0 Å². The van der Waals surface area contributed by atoms with Crippen molar-refractivity contribution < 1.29 is 14.3 Å². The molecule has 0 aliphatic carbocycles. The number of carbonyl (C=O) groups excluding carboxylic acids is 1. The van der Waals surface area contributed by atoms with Crippen LogP contribution < -0.4 is 9.47 Å². The fourth-order valence-corrected chi connectivity index (χ4v) is 3.27. The summed E-state index contributed by atoms with van der Waals surface area (Å²) in [6.07, 6.45) is 0.444. The monoisotopic (exact) mass is 331 g/mol. The lowest BCUT2D eigenvalue weighted by molar-refractivity contribution is -0.136. The number of hydrogen-bond donors (Lipinski definition) is 0. The molecule has 1 aliphatic rings. The minimum atomic E-state index is -0.245. The van der Waals surface area contributed by atoms with Gasteiger partial charge in [-0.15, -0.1) is 11.3 Å². The van der Waals surface area contributed by atoms with Crippen molar-refractivity contribution in [2.24, 2.45) is 0 Å². The van der Waals surface area contributed by atoms with E-state index >= 15 is 0 Å². The maximum Gasteiger partial charge on any atom is 0.231 e. The Balaban J connectivity index is 1.78. The average Bonchev–Trinajstić information content (AvgIpc) is 3.13. The van der Waals surface area contributed by atoms with Gasteiger partial charge in [0.1, 0.15) is 0 Å². The van der Waals surface area contributed by atoms with Crippen molar-refractivity contribution in [3.8, 4) is 11.5 Å². The van der Waals surface area contributed by atoms with Gasteiger partial charge in [0.2, 0.25) is 12.7 Å². The fraction of sp³-hybridized carbons (Fsp3) is 0.389. The third-order valence-corrected chi connectivity index (χ3v) is 4.67. The van der Waals surface area contributed by atoms with Crippen LogP contribution in [0.1, 0.15) is 31.2 Å². The maximum absolute atomic E-state index is 12.8. The van der Waals surface area contributed by atoms with Gasteiger partial charge in [-0.25, -0.2) is 0 Å². The average molecular weight is 331 g/mol. The van der Waals surface area contributed by atoms with Gasteiger partial charge >= 0.3 is 0 Å². The zero-order valence-electron chi connectivity index (χ0n) is 13.7. The highest BCUT2D eigenvalue weighted by Gasteiger charge is 2.27. The number of rotatable bonds is 4. The molecule has 3 rings (SSSR count). The molecule has 0 saturated carbocycles. The summed E-state index contributed by atoms with van der Waals surface area (Å²) in [5.41, 5.74) is 0.800. The molecule has 0 bridgehead atoms. The van der Waals surface area contributed by atoms with Gasteiger partial charge in [0.25, 0.3) is 0 Å². The highest BCUT2D eigenvalue weighted by atomic mass is 32.1. The second kappa shape index (κ2) is 6.24. The Morgan fingerprint density at radius 2 is 2.00 bits per heavy atom. The zero-order valence-corrected chi connectivity index (χ0v) is 14.5. The number of thiophene rings is 1. The number of amides is 1. The summed E-state index contributed by atoms with van der Waals surface area (Å²) in [6.45, 7) is 7.01. The van der Waals surface area contributed by atoms with Gasteiger partial charge in [0.05, 0.1) is 6.42 Å². The molecule has 1 amide bonds. The largest absolute Gasteiger partial charge is 0.454 e. The Kier molecular flexibility index (Phi) is 4.31. The molecule has 0 spiro atoms. The molecule has 0 atom stereocenters. The van der Waals surface area contributed by atoms with E-state index in [1.807, 2.05) is 40.6 Å². The van der Waals surface area contributed by atoms with Crippen LogP contribution in [0.3, 0.4) is 0 Å². The van der Waals surface area contributed by atoms with Crippen LogP contribution in [0.2, 0.25) is 0 Å². The molecule has 1 aromatic carbocycles. The second-order valence-electron chi connectivity index (χ2n) is 6.59. The Morgan fingerprint density at radius 1 is 1.22 bits per heavy atom. The number of hydrogen-bond acceptors (Lipinski definition) is 4. The SMILES string of the molecule is CC(C)(C)N(Cc1ccc2c(c1)OCO2)C(=O)Cc1cccs1. The summed E-state index contributed by atoms with van der Waals surface area (Å²) >= 11 is 1.62. The standard InChI is InChI=1S/C18H21NO3S/c1-18(2,3)19(17(20)10-14-5-4-8-23-14)11-13-6-7-15-16(9-13)22-12-21-15/h4-9H,10-12H2,1-3H3. The number of carbonyl (C=O) groups is 1. The van der Waals surface area contributed by atoms with Gasteiger partial charge in [-0.1, -0.05) is 12.1 Å². The van der Waals surface area contributed by atoms with E-state index in [2.05, 4.69) is 20.8 Å². The van der Waals surface area contributed by atoms with Crippen LogP contribution in [-0.4, -0.2) is 23.1 Å². The topological polar surface area (TPSA) is 38.8 Å². The number of nitrogens with zero attached hydrogens (tertiary/aromatic N) is 1. The number of ether oxygens (including phenoxy) is 2. The lowest BCUT2D eigenvalue weighted by atomic mass is 10.0. The molecule has 0 radical (unpaired) electrons. The van der Waals surface area contributed by atoms with Gasteiger partial charge in [-0.3, -0.25) is 4.79 Å². The molecule has 23 heavy (non-hydrogen) atoms. The minimum Gasteiger partial charge on any atom is -0.454 e. The number of fused-ring (bicyclic) bond motifs is 1. The van der Waals surface area contributed by atoms with Gasteiger partial charge in [-0.05, 0) is 49.9 Å². The zero-order chi connectivity index (χ0) is 16.4. The van der Waals surface area contributed by atoms with Gasteiger partial charge in [-0.2, -0.15) is 0 Å². The van der Waals surface area contributed by atoms with Gasteiger partial charge < -0.3 is 14.4 Å². The molecule has 1 aliphatic heterocycles. The lowest BCUT2D eigenvalue weighted by Crippen LogP contribution is -2.45. The lowest BCUT2D eigenvalue weighted by Gasteiger charge is -2.36. The molecular weight excluding hydrogens is 310 g/mol. The molecule has 0 unspecified atom stereocenters. The van der Waals surface area contributed by atoms with Gasteiger partial charge in [0, 0.05) is 17.0 Å². The third-order valence-electron chi connectivity index (χ3n) is 3.79. The third kappa shape index (κ3) is 3.67. The smallest absolute Gasteiger partial charge is 0.231 e. The van der Waals surface area contributed by atoms with E-state index in [1.54, 1.807) is 11.3 Å². The van der Waals surface area contributed by atoms with Crippen molar-refractivity contribution in [1.82, 2.24) is 4.90 Å². The Hall–Kier alpha value is -2.01. The molecule has 5 heteroatoms. The predicted octanol–water partition coefficient (Wildman–Crippen LogP) is 3.85. The summed E-state index contributed by atoms with van der Waals surface area (Å²) in [5, 5.41) is 2.00. The first kappa shape index (κ1) is 15.9. The normalized spacial score (nSPS) is 13.2. The van der Waals surface area contributed by atoms with Crippen LogP contribution in [0.25, 0.3) is 0 Å². The van der Waals surface area contributed by atoms with Crippen molar-refractivity contribution >= 4 is 17.2 Å². The fourth-order valence-electron chi connectivity index (χ4n) is 2.58. The van der Waals surface area contributed by atoms with Crippen LogP contribution in [0.15, 0.2) is 35.7 Å². The Morgan fingerprint density at radius 3 is 2.70 bits per heavy atom. The van der Waals surface area contributed by atoms with E-state index in [1.165, 1.54) is 0 Å². The molecule has 0 saturated heterocycles. The minimum absolute atomic E-state index is 0.137. The summed E-state index contributed by atoms with van der Waals surface area (Å²) in [7, 11) is 0. The predicted molar refractivity (Wildman–Crippen MR) is 90.9 cm³/mol. The summed E-state index contributed by atoms with van der Waals surface area (Å²) in [6, 6.07) is 9.84. The van der Waals surface area contributed by atoms with Crippen LogP contribution in [-0.2, 0) is 17.8 Å². The summed E-state index contributed by atoms with van der Waals surface area (Å²) in [5.74, 6) is 1.65. The Bertz CT molecular complexity index is 689. The van der Waals surface area contributed by atoms with E-state index in [0.717, 1.165) is 21.9 Å². The van der Waals surface area contributed by atoms with E-state index in [0.29, 0.717) is 13.0 Å². The van der Waals surface area contributed by atoms with Crippen LogP contribution in [0.5, 0.6) is 11.5 Å². The maximum atomic E-state index is 12.8. The summed E-state index contributed by atoms with van der Waals surface area (Å²) in [4.78, 5) is 15.8. The molecule has 1 aromatic heterocycles. The van der Waals surface area contributed by atoms with Crippen molar-refractivity contribution in [2.75, 3.05) is 6.79 Å². The molecule has 2 aromatic rings. The quantitative estimate of drug-likeness (QED) is 0.854. The summed E-state index contributed by atoms with van der Waals surface area (Å²) < 4.78 is 10.8. The molecule has 0 fully saturated rings. The van der Waals surface area contributed by atoms with Crippen LogP contribution in [0.4, 0.5) is 0 Å². The first-order valence-electron chi connectivity index (χ1n) is 7.65. The molecular formula is C18H21NO3S. The van der Waals surface area contributed by atoms with E-state index in [4.69, 9.17) is 9.47 Å². The van der Waals surface area contributed by atoms with Crippen molar-refractivity contribution in [2.45, 2.75) is 39.3 Å². The van der Waals surface area contributed by atoms with Gasteiger partial charge in [0.15, 0.2) is 11.5 Å². The molecule has 4 nitrogen and oxygen atoms in total. The molecule has 2 heterocycles. The number of benzene rings is 1. The van der Waals surface area contributed by atoms with E-state index < -0.39 is 0 Å². The second-order valence-corrected chi connectivity index (χ2v) is 7.63. The first-order valence-corrected chi connectivity index (χ1v) is 8.53. The highest BCUT2D eigenvalue weighted by molar-refractivity contribution is 7.10. The van der Waals surface area contributed by atoms with E-state index in [-0.39, 0.29) is 18.2 Å². The van der Waals surface area contributed by atoms with Crippen molar-refractivity contribution in [1.29, 1.82) is 0 Å². The van der Waals surface area contributed by atoms with Crippen LogP contribution >= 0.6 is 11.3 Å². The highest BCUT2D eigenvalue weighted by Crippen LogP contribution is 2.33. The first-order chi connectivity index (χ1) is 10.9.